The first kappa shape index (κ1) is 61.4. The zero-order valence-corrected chi connectivity index (χ0v) is 43.2. The van der Waals surface area contributed by atoms with Gasteiger partial charge in [-0.05, 0) is 31.1 Å². The van der Waals surface area contributed by atoms with E-state index in [4.69, 9.17) is 14.2 Å². The van der Waals surface area contributed by atoms with Crippen molar-refractivity contribution in [3.05, 3.63) is 0 Å². The van der Waals surface area contributed by atoms with Crippen molar-refractivity contribution in [1.82, 2.24) is 0 Å². The maximum atomic E-state index is 12.8. The Morgan fingerprint density at radius 3 is 0.905 bits per heavy atom. The van der Waals surface area contributed by atoms with Gasteiger partial charge in [0, 0.05) is 19.3 Å². The molecule has 374 valence electrons. The van der Waals surface area contributed by atoms with E-state index in [9.17, 15) is 14.4 Å². The van der Waals surface area contributed by atoms with Crippen molar-refractivity contribution in [3.63, 3.8) is 0 Å². The number of rotatable bonds is 51. The number of esters is 3. The molecule has 6 nitrogen and oxygen atoms in total. The Kier molecular flexibility index (Phi) is 48.6. The topological polar surface area (TPSA) is 78.9 Å². The Labute approximate surface area is 393 Å². The van der Waals surface area contributed by atoms with Gasteiger partial charge in [-0.1, -0.05) is 279 Å². The van der Waals surface area contributed by atoms with E-state index in [1.54, 1.807) is 0 Å². The van der Waals surface area contributed by atoms with Crippen molar-refractivity contribution in [1.29, 1.82) is 0 Å². The molecule has 0 rings (SSSR count). The molecule has 0 radical (unpaired) electrons. The van der Waals surface area contributed by atoms with Gasteiger partial charge in [-0.15, -0.1) is 0 Å². The molecule has 1 unspecified atom stereocenters. The second kappa shape index (κ2) is 49.8. The highest BCUT2D eigenvalue weighted by Crippen LogP contribution is 2.18. The molecule has 6 heteroatoms. The number of ether oxygens (including phenoxy) is 3. The summed E-state index contributed by atoms with van der Waals surface area (Å²) in [4.78, 5) is 38.0. The number of hydrogen-bond donors (Lipinski definition) is 0. The molecule has 0 aromatic heterocycles. The van der Waals surface area contributed by atoms with Crippen LogP contribution in [0.15, 0.2) is 0 Å². The highest BCUT2D eigenvalue weighted by atomic mass is 16.6. The third kappa shape index (κ3) is 49.7. The van der Waals surface area contributed by atoms with Gasteiger partial charge < -0.3 is 14.2 Å². The van der Waals surface area contributed by atoms with Crippen LogP contribution in [0, 0.1) is 11.8 Å². The van der Waals surface area contributed by atoms with Crippen molar-refractivity contribution < 1.29 is 28.6 Å². The van der Waals surface area contributed by atoms with E-state index in [0.717, 1.165) is 69.6 Å². The van der Waals surface area contributed by atoms with Crippen LogP contribution in [0.25, 0.3) is 0 Å². The molecule has 0 aliphatic carbocycles. The summed E-state index contributed by atoms with van der Waals surface area (Å²) in [6.07, 6.45) is 52.4. The lowest BCUT2D eigenvalue weighted by Gasteiger charge is -2.18. The molecule has 0 amide bonds. The highest BCUT2D eigenvalue weighted by Gasteiger charge is 2.19. The molecule has 0 spiro atoms. The van der Waals surface area contributed by atoms with Crippen LogP contribution >= 0.6 is 0 Å². The Hall–Kier alpha value is -1.59. The van der Waals surface area contributed by atoms with Crippen molar-refractivity contribution in [2.75, 3.05) is 13.2 Å². The first-order valence-electron chi connectivity index (χ1n) is 28.3. The van der Waals surface area contributed by atoms with Crippen LogP contribution < -0.4 is 0 Å². The SMILES string of the molecule is CCCCCCCCCCCCCCCCCCCC(=O)O[C@H](COC(=O)CCCCCCCCCCCCCCCCC(C)CC)COC(=O)CCCCCCCCCC(C)C. The van der Waals surface area contributed by atoms with Crippen LogP contribution in [0.1, 0.15) is 317 Å². The summed E-state index contributed by atoms with van der Waals surface area (Å²) in [7, 11) is 0. The molecular formula is C57H110O6. The van der Waals surface area contributed by atoms with Crippen molar-refractivity contribution in [2.24, 2.45) is 11.8 Å². The van der Waals surface area contributed by atoms with E-state index >= 15 is 0 Å². The molecule has 0 saturated heterocycles. The third-order valence-electron chi connectivity index (χ3n) is 13.3. The molecule has 0 aliphatic rings. The average Bonchev–Trinajstić information content (AvgIpc) is 3.27. The van der Waals surface area contributed by atoms with Gasteiger partial charge >= 0.3 is 17.9 Å². The smallest absolute Gasteiger partial charge is 0.306 e. The van der Waals surface area contributed by atoms with E-state index < -0.39 is 6.10 Å². The Bertz CT molecular complexity index is 964. The predicted molar refractivity (Wildman–Crippen MR) is 270 cm³/mol. The number of carbonyl (C=O) groups is 3. The summed E-state index contributed by atoms with van der Waals surface area (Å²) in [6.45, 7) is 11.4. The van der Waals surface area contributed by atoms with Crippen molar-refractivity contribution >= 4 is 17.9 Å². The van der Waals surface area contributed by atoms with Crippen LogP contribution in [0.2, 0.25) is 0 Å². The molecule has 0 aromatic rings. The summed E-state index contributed by atoms with van der Waals surface area (Å²) in [5, 5.41) is 0. The second-order valence-electron chi connectivity index (χ2n) is 20.3. The molecule has 0 fully saturated rings. The zero-order valence-electron chi connectivity index (χ0n) is 43.2. The molecule has 63 heavy (non-hydrogen) atoms. The van der Waals surface area contributed by atoms with Gasteiger partial charge in [0.05, 0.1) is 0 Å². The van der Waals surface area contributed by atoms with Crippen molar-refractivity contribution in [2.45, 2.75) is 323 Å². The van der Waals surface area contributed by atoms with Crippen LogP contribution in [-0.2, 0) is 28.6 Å². The van der Waals surface area contributed by atoms with E-state index in [1.807, 2.05) is 0 Å². The quantitative estimate of drug-likeness (QED) is 0.0344. The molecule has 2 atom stereocenters. The largest absolute Gasteiger partial charge is 0.462 e. The number of carbonyl (C=O) groups excluding carboxylic acids is 3. The first-order chi connectivity index (χ1) is 30.8. The van der Waals surface area contributed by atoms with Gasteiger partial charge in [0.25, 0.3) is 0 Å². The van der Waals surface area contributed by atoms with Crippen LogP contribution in [0.4, 0.5) is 0 Å². The van der Waals surface area contributed by atoms with Crippen LogP contribution in [0.5, 0.6) is 0 Å². The third-order valence-corrected chi connectivity index (χ3v) is 13.3. The Balaban J connectivity index is 4.25. The fourth-order valence-corrected chi connectivity index (χ4v) is 8.66. The normalized spacial score (nSPS) is 12.5. The molecular weight excluding hydrogens is 781 g/mol. The van der Waals surface area contributed by atoms with Gasteiger partial charge in [0.15, 0.2) is 6.10 Å². The minimum absolute atomic E-state index is 0.0635. The van der Waals surface area contributed by atoms with Gasteiger partial charge in [-0.25, -0.2) is 0 Å². The standard InChI is InChI=1S/C57H110O6/c1-6-8-9-10-11-12-13-14-15-16-17-22-25-28-33-39-44-49-57(60)63-54(51-62-56(59)48-43-38-34-29-30-35-40-45-52(3)4)50-61-55(58)47-42-37-32-27-24-21-19-18-20-23-26-31-36-41-46-53(5)7-2/h52-54H,6-51H2,1-5H3/t53?,54-/m1/s1. The molecule has 0 heterocycles. The lowest BCUT2D eigenvalue weighted by Crippen LogP contribution is -2.30. The lowest BCUT2D eigenvalue weighted by atomic mass is 9.99. The van der Waals surface area contributed by atoms with E-state index in [2.05, 4.69) is 34.6 Å². The summed E-state index contributed by atoms with van der Waals surface area (Å²) in [6, 6.07) is 0. The molecule has 0 N–H and O–H groups in total. The van der Waals surface area contributed by atoms with Crippen molar-refractivity contribution in [3.8, 4) is 0 Å². The van der Waals surface area contributed by atoms with Gasteiger partial charge in [-0.3, -0.25) is 14.4 Å². The maximum Gasteiger partial charge on any atom is 0.306 e. The predicted octanol–water partition coefficient (Wildman–Crippen LogP) is 18.5. The second-order valence-corrected chi connectivity index (χ2v) is 20.3. The van der Waals surface area contributed by atoms with Gasteiger partial charge in [-0.2, -0.15) is 0 Å². The lowest BCUT2D eigenvalue weighted by molar-refractivity contribution is -0.167. The zero-order chi connectivity index (χ0) is 46.1. The monoisotopic (exact) mass is 891 g/mol. The molecule has 0 aromatic carbocycles. The number of unbranched alkanes of at least 4 members (excludes halogenated alkanes) is 35. The molecule has 0 aliphatic heterocycles. The maximum absolute atomic E-state index is 12.8. The van der Waals surface area contributed by atoms with Gasteiger partial charge in [0.1, 0.15) is 13.2 Å². The fourth-order valence-electron chi connectivity index (χ4n) is 8.66. The summed E-state index contributed by atoms with van der Waals surface area (Å²) in [5.41, 5.74) is 0. The minimum atomic E-state index is -0.762. The van der Waals surface area contributed by atoms with Gasteiger partial charge in [0.2, 0.25) is 0 Å². The Morgan fingerprint density at radius 2 is 0.603 bits per heavy atom. The van der Waals surface area contributed by atoms with Crippen LogP contribution in [-0.4, -0.2) is 37.2 Å². The van der Waals surface area contributed by atoms with Crippen LogP contribution in [0.3, 0.4) is 0 Å². The highest BCUT2D eigenvalue weighted by molar-refractivity contribution is 5.71. The van der Waals surface area contributed by atoms with E-state index in [-0.39, 0.29) is 31.1 Å². The Morgan fingerprint density at radius 1 is 0.333 bits per heavy atom. The number of hydrogen-bond acceptors (Lipinski definition) is 6. The summed E-state index contributed by atoms with van der Waals surface area (Å²) >= 11 is 0. The average molecular weight is 892 g/mol. The van der Waals surface area contributed by atoms with E-state index in [1.165, 1.54) is 205 Å². The summed E-state index contributed by atoms with van der Waals surface area (Å²) < 4.78 is 16.9. The first-order valence-corrected chi connectivity index (χ1v) is 28.3. The molecule has 0 saturated carbocycles. The fraction of sp³-hybridized carbons (Fsp3) is 0.947. The summed E-state index contributed by atoms with van der Waals surface area (Å²) in [5.74, 6) is 0.832. The van der Waals surface area contributed by atoms with E-state index in [0.29, 0.717) is 19.3 Å². The molecule has 0 bridgehead atoms. The minimum Gasteiger partial charge on any atom is -0.462 e.